The van der Waals surface area contributed by atoms with Crippen molar-refractivity contribution in [3.63, 3.8) is 0 Å². The lowest BCUT2D eigenvalue weighted by molar-refractivity contribution is -0.274. The van der Waals surface area contributed by atoms with Crippen LogP contribution < -0.4 is 10.5 Å². The Morgan fingerprint density at radius 3 is 2.54 bits per heavy atom. The molecule has 0 unspecified atom stereocenters. The molecule has 26 heavy (non-hydrogen) atoms. The maximum atomic E-state index is 12.3. The Labute approximate surface area is 149 Å². The van der Waals surface area contributed by atoms with E-state index in [0.717, 1.165) is 25.1 Å². The molecular weight excluding hydrogens is 349 g/mol. The van der Waals surface area contributed by atoms with Crippen molar-refractivity contribution in [2.45, 2.75) is 44.0 Å². The van der Waals surface area contributed by atoms with E-state index in [4.69, 9.17) is 10.5 Å². The Morgan fingerprint density at radius 1 is 1.23 bits per heavy atom. The third-order valence-electron chi connectivity index (χ3n) is 4.36. The van der Waals surface area contributed by atoms with E-state index in [-0.39, 0.29) is 17.7 Å². The van der Waals surface area contributed by atoms with Gasteiger partial charge < -0.3 is 15.2 Å². The first-order chi connectivity index (χ1) is 12.4. The maximum Gasteiger partial charge on any atom is 0.573 e. The lowest BCUT2D eigenvalue weighted by atomic mass is 10.1. The third-order valence-corrected chi connectivity index (χ3v) is 4.36. The van der Waals surface area contributed by atoms with Gasteiger partial charge in [-0.2, -0.15) is 5.10 Å². The molecule has 2 N–H and O–H groups in total. The summed E-state index contributed by atoms with van der Waals surface area (Å²) in [6.45, 7) is 0.492. The van der Waals surface area contributed by atoms with E-state index in [2.05, 4.69) is 14.8 Å². The maximum absolute atomic E-state index is 12.3. The summed E-state index contributed by atoms with van der Waals surface area (Å²) in [5.41, 5.74) is 6.65. The summed E-state index contributed by atoms with van der Waals surface area (Å²) in [5, 5.41) is 4.51. The molecule has 142 valence electrons. The summed E-state index contributed by atoms with van der Waals surface area (Å²) in [6.07, 6.45) is -1.50. The van der Waals surface area contributed by atoms with Crippen molar-refractivity contribution >= 4 is 0 Å². The predicted octanol–water partition coefficient (Wildman–Crippen LogP) is 2.95. The first kappa shape index (κ1) is 18.7. The molecule has 0 spiro atoms. The zero-order valence-electron chi connectivity index (χ0n) is 14.4. The van der Waals surface area contributed by atoms with Gasteiger partial charge in [-0.1, -0.05) is 0 Å². The first-order valence-electron chi connectivity index (χ1n) is 8.42. The number of nitrogens with zero attached hydrogens (tertiary/aromatic N) is 3. The third kappa shape index (κ3) is 4.53. The van der Waals surface area contributed by atoms with Crippen LogP contribution in [0, 0.1) is 0 Å². The first-order valence-corrected chi connectivity index (χ1v) is 8.42. The zero-order chi connectivity index (χ0) is 18.7. The van der Waals surface area contributed by atoms with Crippen molar-refractivity contribution in [2.75, 3.05) is 13.7 Å². The van der Waals surface area contributed by atoms with Crippen LogP contribution in [0.1, 0.15) is 36.8 Å². The second kappa shape index (κ2) is 7.63. The summed E-state index contributed by atoms with van der Waals surface area (Å²) < 4.78 is 47.6. The van der Waals surface area contributed by atoms with Gasteiger partial charge in [-0.3, -0.25) is 0 Å². The number of methoxy groups -OCH3 is 1. The smallest absolute Gasteiger partial charge is 0.406 e. The summed E-state index contributed by atoms with van der Waals surface area (Å²) in [5.74, 6) is 1.33. The van der Waals surface area contributed by atoms with E-state index < -0.39 is 6.36 Å². The van der Waals surface area contributed by atoms with Gasteiger partial charge in [0.1, 0.15) is 11.6 Å². The Balaban J connectivity index is 1.88. The molecule has 3 rings (SSSR count). The van der Waals surface area contributed by atoms with Crippen molar-refractivity contribution in [1.82, 2.24) is 14.8 Å². The van der Waals surface area contributed by atoms with Gasteiger partial charge in [0, 0.05) is 25.5 Å². The van der Waals surface area contributed by atoms with E-state index in [1.807, 2.05) is 0 Å². The normalized spacial score (nSPS) is 20.5. The van der Waals surface area contributed by atoms with Gasteiger partial charge >= 0.3 is 6.36 Å². The van der Waals surface area contributed by atoms with E-state index >= 15 is 0 Å². The molecule has 6 nitrogen and oxygen atoms in total. The molecular formula is C17H21F3N4O2. The van der Waals surface area contributed by atoms with Crippen LogP contribution in [0.4, 0.5) is 13.2 Å². The second-order valence-electron chi connectivity index (χ2n) is 6.35. The minimum Gasteiger partial charge on any atom is -0.406 e. The number of benzene rings is 1. The van der Waals surface area contributed by atoms with Crippen LogP contribution in [0.2, 0.25) is 0 Å². The van der Waals surface area contributed by atoms with Crippen molar-refractivity contribution in [1.29, 1.82) is 0 Å². The molecule has 0 aliphatic heterocycles. The minimum absolute atomic E-state index is 0.134. The fraction of sp³-hybridized carbons (Fsp3) is 0.529. The van der Waals surface area contributed by atoms with Crippen molar-refractivity contribution in [3.05, 3.63) is 35.9 Å². The second-order valence-corrected chi connectivity index (χ2v) is 6.35. The van der Waals surface area contributed by atoms with Gasteiger partial charge in [0.05, 0.1) is 12.3 Å². The van der Waals surface area contributed by atoms with E-state index in [1.165, 1.54) is 24.3 Å². The van der Waals surface area contributed by atoms with Gasteiger partial charge in [-0.15, -0.1) is 13.2 Å². The van der Waals surface area contributed by atoms with Crippen LogP contribution in [0.3, 0.4) is 0 Å². The average molecular weight is 370 g/mol. The Hall–Kier alpha value is -2.13. The quantitative estimate of drug-likeness (QED) is 0.846. The summed E-state index contributed by atoms with van der Waals surface area (Å²) in [7, 11) is 1.60. The van der Waals surface area contributed by atoms with Crippen LogP contribution in [0.15, 0.2) is 24.3 Å². The molecule has 2 aromatic rings. The van der Waals surface area contributed by atoms with Gasteiger partial charge in [0.15, 0.2) is 5.82 Å². The van der Waals surface area contributed by atoms with E-state index in [9.17, 15) is 13.2 Å². The Kier molecular flexibility index (Phi) is 5.47. The number of hydrogen-bond acceptors (Lipinski definition) is 5. The highest BCUT2D eigenvalue weighted by Crippen LogP contribution is 2.34. The molecule has 1 saturated carbocycles. The molecule has 0 bridgehead atoms. The number of ether oxygens (including phenoxy) is 2. The zero-order valence-corrected chi connectivity index (χ0v) is 14.4. The largest absolute Gasteiger partial charge is 0.573 e. The summed E-state index contributed by atoms with van der Waals surface area (Å²) in [4.78, 5) is 4.63. The fourth-order valence-corrected chi connectivity index (χ4v) is 3.16. The number of nitrogens with two attached hydrogens (primary N) is 1. The predicted molar refractivity (Wildman–Crippen MR) is 88.2 cm³/mol. The number of rotatable bonds is 6. The number of aromatic nitrogens is 3. The van der Waals surface area contributed by atoms with Crippen molar-refractivity contribution < 1.29 is 22.6 Å². The van der Waals surface area contributed by atoms with Crippen LogP contribution >= 0.6 is 0 Å². The molecule has 1 aromatic heterocycles. The topological polar surface area (TPSA) is 75.2 Å². The highest BCUT2D eigenvalue weighted by atomic mass is 19.4. The molecule has 1 heterocycles. The lowest BCUT2D eigenvalue weighted by Crippen LogP contribution is -2.17. The lowest BCUT2D eigenvalue weighted by Gasteiger charge is -2.12. The monoisotopic (exact) mass is 370 g/mol. The molecule has 1 aliphatic rings. The number of hydrogen-bond donors (Lipinski definition) is 1. The van der Waals surface area contributed by atoms with Gasteiger partial charge in [-0.25, -0.2) is 9.67 Å². The van der Waals surface area contributed by atoms with Crippen LogP contribution in [-0.2, 0) is 11.2 Å². The standard InChI is InChI=1S/C17H21F3N4O2/c1-25-9-8-15-22-16(11-2-3-12(21)10-11)24(23-15)13-4-6-14(7-5-13)26-17(18,19)20/h4-7,11-12H,2-3,8-10,21H2,1H3/t11-,12+/m0/s1. The molecule has 1 fully saturated rings. The van der Waals surface area contributed by atoms with E-state index in [0.29, 0.717) is 24.5 Å². The van der Waals surface area contributed by atoms with E-state index in [1.54, 1.807) is 11.8 Å². The molecule has 1 aromatic carbocycles. The van der Waals surface area contributed by atoms with Crippen molar-refractivity contribution in [2.24, 2.45) is 5.73 Å². The minimum atomic E-state index is -4.72. The molecule has 0 saturated heterocycles. The number of halogens is 3. The van der Waals surface area contributed by atoms with Gasteiger partial charge in [0.2, 0.25) is 0 Å². The SMILES string of the molecule is COCCc1nc([C@H]2CC[C@@H](N)C2)n(-c2ccc(OC(F)(F)F)cc2)n1. The highest BCUT2D eigenvalue weighted by molar-refractivity contribution is 5.38. The molecule has 0 amide bonds. The molecule has 1 aliphatic carbocycles. The molecule has 9 heteroatoms. The van der Waals surface area contributed by atoms with Gasteiger partial charge in [-0.05, 0) is 43.5 Å². The van der Waals surface area contributed by atoms with Crippen LogP contribution in [0.5, 0.6) is 5.75 Å². The Bertz CT molecular complexity index is 731. The van der Waals surface area contributed by atoms with Crippen LogP contribution in [-0.4, -0.2) is 40.9 Å². The number of alkyl halides is 3. The fourth-order valence-electron chi connectivity index (χ4n) is 3.16. The summed E-state index contributed by atoms with van der Waals surface area (Å²) >= 11 is 0. The van der Waals surface area contributed by atoms with Gasteiger partial charge in [0.25, 0.3) is 0 Å². The van der Waals surface area contributed by atoms with Crippen LogP contribution in [0.25, 0.3) is 5.69 Å². The molecule has 0 radical (unpaired) electrons. The average Bonchev–Trinajstić information content (AvgIpc) is 3.18. The summed E-state index contributed by atoms with van der Waals surface area (Å²) in [6, 6.07) is 5.74. The molecule has 2 atom stereocenters. The Morgan fingerprint density at radius 2 is 1.96 bits per heavy atom. The van der Waals surface area contributed by atoms with Crippen molar-refractivity contribution in [3.8, 4) is 11.4 Å². The highest BCUT2D eigenvalue weighted by Gasteiger charge is 2.31.